The van der Waals surface area contributed by atoms with Crippen molar-refractivity contribution in [1.82, 2.24) is 20.3 Å². The van der Waals surface area contributed by atoms with E-state index in [4.69, 9.17) is 16.3 Å². The van der Waals surface area contributed by atoms with Crippen LogP contribution < -0.4 is 15.4 Å². The predicted molar refractivity (Wildman–Crippen MR) is 126 cm³/mol. The van der Waals surface area contributed by atoms with Crippen LogP contribution in [0.3, 0.4) is 0 Å². The van der Waals surface area contributed by atoms with Crippen LogP contribution in [0.15, 0.2) is 41.5 Å². The second-order valence-electron chi connectivity index (χ2n) is 7.01. The molecular weight excluding hydrogens is 450 g/mol. The molecular formula is C22H18ClN5OS2. The largest absolute Gasteiger partial charge is 0.486 e. The van der Waals surface area contributed by atoms with Crippen molar-refractivity contribution >= 4 is 56.0 Å². The van der Waals surface area contributed by atoms with Gasteiger partial charge in [0.2, 0.25) is 0 Å². The minimum Gasteiger partial charge on any atom is -0.486 e. The van der Waals surface area contributed by atoms with E-state index in [0.29, 0.717) is 17.4 Å². The number of fused-ring (bicyclic) bond motifs is 1. The SMILES string of the molecule is Clc1cc(Nc2ncnc3sc(C#C[C@H]4CCCN4)cc23)ccc1OCc1cscn1. The van der Waals surface area contributed by atoms with Crippen molar-refractivity contribution in [3.8, 4) is 17.6 Å². The molecule has 31 heavy (non-hydrogen) atoms. The van der Waals surface area contributed by atoms with E-state index in [-0.39, 0.29) is 6.04 Å². The van der Waals surface area contributed by atoms with E-state index in [1.807, 2.05) is 29.6 Å². The van der Waals surface area contributed by atoms with Gasteiger partial charge in [-0.25, -0.2) is 15.0 Å². The molecule has 5 rings (SSSR count). The maximum atomic E-state index is 6.42. The number of rotatable bonds is 5. The van der Waals surface area contributed by atoms with Crippen molar-refractivity contribution in [3.63, 3.8) is 0 Å². The van der Waals surface area contributed by atoms with Crippen LogP contribution in [0.1, 0.15) is 23.4 Å². The Kier molecular flexibility index (Phi) is 6.00. The molecule has 4 aromatic rings. The summed E-state index contributed by atoms with van der Waals surface area (Å²) in [4.78, 5) is 14.9. The van der Waals surface area contributed by atoms with Gasteiger partial charge in [0, 0.05) is 11.1 Å². The van der Waals surface area contributed by atoms with Crippen LogP contribution >= 0.6 is 34.3 Å². The molecule has 9 heteroatoms. The van der Waals surface area contributed by atoms with E-state index in [1.54, 1.807) is 23.2 Å². The molecule has 1 saturated heterocycles. The summed E-state index contributed by atoms with van der Waals surface area (Å²) in [5.41, 5.74) is 3.48. The van der Waals surface area contributed by atoms with Crippen LogP contribution in [-0.2, 0) is 6.61 Å². The quantitative estimate of drug-likeness (QED) is 0.392. The van der Waals surface area contributed by atoms with Gasteiger partial charge in [0.25, 0.3) is 0 Å². The molecule has 0 saturated carbocycles. The molecule has 156 valence electrons. The van der Waals surface area contributed by atoms with Crippen molar-refractivity contribution < 1.29 is 4.74 Å². The Morgan fingerprint density at radius 2 is 2.23 bits per heavy atom. The van der Waals surface area contributed by atoms with E-state index in [1.165, 1.54) is 17.8 Å². The summed E-state index contributed by atoms with van der Waals surface area (Å²) in [6, 6.07) is 7.90. The fourth-order valence-electron chi connectivity index (χ4n) is 3.28. The number of halogens is 1. The number of thiazole rings is 1. The maximum Gasteiger partial charge on any atom is 0.142 e. The third-order valence-corrected chi connectivity index (χ3v) is 6.70. The number of aromatic nitrogens is 3. The predicted octanol–water partition coefficient (Wildman–Crippen LogP) is 5.23. The molecule has 1 fully saturated rings. The Morgan fingerprint density at radius 3 is 3.03 bits per heavy atom. The molecule has 1 atom stereocenters. The Hall–Kier alpha value is -2.70. The number of hydrogen-bond donors (Lipinski definition) is 2. The second-order valence-corrected chi connectivity index (χ2v) is 9.17. The summed E-state index contributed by atoms with van der Waals surface area (Å²) in [6.45, 7) is 1.43. The number of thiophene rings is 1. The highest BCUT2D eigenvalue weighted by Crippen LogP contribution is 2.33. The third kappa shape index (κ3) is 4.81. The first-order valence-corrected chi connectivity index (χ1v) is 11.9. The molecule has 1 aromatic carbocycles. The summed E-state index contributed by atoms with van der Waals surface area (Å²) in [5.74, 6) is 7.92. The maximum absolute atomic E-state index is 6.42. The van der Waals surface area contributed by atoms with Crippen LogP contribution in [-0.4, -0.2) is 27.5 Å². The lowest BCUT2D eigenvalue weighted by Crippen LogP contribution is -2.18. The Morgan fingerprint density at radius 1 is 1.26 bits per heavy atom. The van der Waals surface area contributed by atoms with E-state index in [0.717, 1.165) is 45.3 Å². The lowest BCUT2D eigenvalue weighted by atomic mass is 10.2. The van der Waals surface area contributed by atoms with Crippen molar-refractivity contribution in [1.29, 1.82) is 0 Å². The van der Waals surface area contributed by atoms with Gasteiger partial charge in [-0.3, -0.25) is 0 Å². The highest BCUT2D eigenvalue weighted by Gasteiger charge is 2.12. The van der Waals surface area contributed by atoms with Crippen molar-refractivity contribution in [2.45, 2.75) is 25.5 Å². The standard InChI is InChI=1S/C22H18ClN5OS2/c23-19-8-15(4-6-20(19)29-10-16-11-30-13-27-16)28-21-18-9-17(31-22(18)26-12-25-21)5-3-14-2-1-7-24-14/h4,6,8-9,11-14,24H,1-2,7,10H2,(H,25,26,28)/t14-/m1/s1. The Balaban J connectivity index is 1.33. The number of nitrogens with one attached hydrogen (secondary N) is 2. The summed E-state index contributed by atoms with van der Waals surface area (Å²) < 4.78 is 5.77. The Bertz CT molecular complexity index is 1260. The average Bonchev–Trinajstić information content (AvgIpc) is 3.53. The molecule has 1 aliphatic rings. The number of nitrogens with zero attached hydrogens (tertiary/aromatic N) is 3. The fourth-order valence-corrected chi connectivity index (χ4v) is 4.91. The van der Waals surface area contributed by atoms with E-state index < -0.39 is 0 Å². The first-order valence-electron chi connectivity index (χ1n) is 9.80. The number of ether oxygens (including phenoxy) is 1. The van der Waals surface area contributed by atoms with Gasteiger partial charge in [0.05, 0.1) is 32.5 Å². The van der Waals surface area contributed by atoms with Crippen molar-refractivity contribution in [3.05, 3.63) is 57.1 Å². The van der Waals surface area contributed by atoms with Crippen LogP contribution in [0.25, 0.3) is 10.2 Å². The number of hydrogen-bond acceptors (Lipinski definition) is 8. The lowest BCUT2D eigenvalue weighted by Gasteiger charge is -2.10. The zero-order chi connectivity index (χ0) is 21.0. The third-order valence-electron chi connectivity index (χ3n) is 4.81. The number of benzene rings is 1. The fraction of sp³-hybridized carbons (Fsp3) is 0.227. The van der Waals surface area contributed by atoms with Crippen LogP contribution in [0, 0.1) is 11.8 Å². The zero-order valence-corrected chi connectivity index (χ0v) is 18.8. The van der Waals surface area contributed by atoms with Crippen LogP contribution in [0.2, 0.25) is 5.02 Å². The van der Waals surface area contributed by atoms with Gasteiger partial charge >= 0.3 is 0 Å². The molecule has 3 aromatic heterocycles. The van der Waals surface area contributed by atoms with E-state index in [9.17, 15) is 0 Å². The molecule has 0 bridgehead atoms. The van der Waals surface area contributed by atoms with Crippen LogP contribution in [0.4, 0.5) is 11.5 Å². The molecule has 0 spiro atoms. The molecule has 4 heterocycles. The van der Waals surface area contributed by atoms with Crippen molar-refractivity contribution in [2.75, 3.05) is 11.9 Å². The van der Waals surface area contributed by atoms with Gasteiger partial charge in [0.1, 0.15) is 29.3 Å². The summed E-state index contributed by atoms with van der Waals surface area (Å²) >= 11 is 9.53. The lowest BCUT2D eigenvalue weighted by molar-refractivity contribution is 0.302. The number of anilines is 2. The van der Waals surface area contributed by atoms with E-state index >= 15 is 0 Å². The van der Waals surface area contributed by atoms with Gasteiger partial charge in [-0.05, 0) is 43.7 Å². The molecule has 6 nitrogen and oxygen atoms in total. The summed E-state index contributed by atoms with van der Waals surface area (Å²) in [7, 11) is 0. The van der Waals surface area contributed by atoms with Crippen molar-refractivity contribution in [2.24, 2.45) is 0 Å². The minimum absolute atomic E-state index is 0.285. The molecule has 0 aliphatic carbocycles. The highest BCUT2D eigenvalue weighted by molar-refractivity contribution is 7.19. The molecule has 0 amide bonds. The van der Waals surface area contributed by atoms with Gasteiger partial charge in [0.15, 0.2) is 0 Å². The zero-order valence-electron chi connectivity index (χ0n) is 16.4. The Labute approximate surface area is 192 Å². The first kappa shape index (κ1) is 20.2. The molecule has 0 unspecified atom stereocenters. The molecule has 1 aliphatic heterocycles. The first-order chi connectivity index (χ1) is 15.2. The topological polar surface area (TPSA) is 72.0 Å². The summed E-state index contributed by atoms with van der Waals surface area (Å²) in [5, 5.41) is 10.1. The average molecular weight is 468 g/mol. The van der Waals surface area contributed by atoms with Gasteiger partial charge in [-0.15, -0.1) is 22.7 Å². The normalized spacial score (nSPS) is 15.6. The monoisotopic (exact) mass is 467 g/mol. The van der Waals surface area contributed by atoms with E-state index in [2.05, 4.69) is 37.4 Å². The van der Waals surface area contributed by atoms with Gasteiger partial charge in [-0.2, -0.15) is 0 Å². The molecule has 2 N–H and O–H groups in total. The summed E-state index contributed by atoms with van der Waals surface area (Å²) in [6.07, 6.45) is 3.85. The van der Waals surface area contributed by atoms with Crippen LogP contribution in [0.5, 0.6) is 5.75 Å². The second kappa shape index (κ2) is 9.20. The molecule has 0 radical (unpaired) electrons. The van der Waals surface area contributed by atoms with Gasteiger partial charge < -0.3 is 15.4 Å². The highest BCUT2D eigenvalue weighted by atomic mass is 35.5. The minimum atomic E-state index is 0.285. The smallest absolute Gasteiger partial charge is 0.142 e. The van der Waals surface area contributed by atoms with Gasteiger partial charge in [-0.1, -0.05) is 23.4 Å².